The minimum atomic E-state index is 0.670. The molecule has 1 saturated carbocycles. The number of anilines is 2. The molecule has 0 spiro atoms. The largest absolute Gasteiger partial charge is 0.358 e. The van der Waals surface area contributed by atoms with Crippen LogP contribution >= 0.6 is 0 Å². The number of nitrogens with one attached hydrogen (secondary N) is 2. The van der Waals surface area contributed by atoms with Crippen LogP contribution in [-0.4, -0.2) is 15.0 Å². The zero-order valence-electron chi connectivity index (χ0n) is 22.0. The van der Waals surface area contributed by atoms with Crippen LogP contribution in [0.2, 0.25) is 0 Å². The summed E-state index contributed by atoms with van der Waals surface area (Å²) in [5, 5.41) is 4.80. The summed E-state index contributed by atoms with van der Waals surface area (Å²) in [4.78, 5) is 13.4. The average Bonchev–Trinajstić information content (AvgIpc) is 3.61. The predicted molar refractivity (Wildman–Crippen MR) is 145 cm³/mol. The Morgan fingerprint density at radius 2 is 1.65 bits per heavy atom. The second-order valence-electron chi connectivity index (χ2n) is 9.27. The molecule has 178 valence electrons. The fourth-order valence-corrected chi connectivity index (χ4v) is 5.10. The molecule has 0 atom stereocenters. The number of aromatic nitrogens is 3. The van der Waals surface area contributed by atoms with Crippen LogP contribution in [0.15, 0.2) is 30.3 Å². The van der Waals surface area contributed by atoms with E-state index in [4.69, 9.17) is 9.97 Å². The van der Waals surface area contributed by atoms with Gasteiger partial charge in [-0.2, -0.15) is 0 Å². The Bertz CT molecular complexity index is 1340. The molecule has 0 radical (unpaired) electrons. The van der Waals surface area contributed by atoms with Crippen molar-refractivity contribution >= 4 is 22.5 Å². The molecule has 5 rings (SSSR count). The molecule has 1 fully saturated rings. The van der Waals surface area contributed by atoms with E-state index in [-0.39, 0.29) is 0 Å². The molecular weight excluding hydrogens is 416 g/mol. The minimum Gasteiger partial charge on any atom is -0.358 e. The Morgan fingerprint density at radius 3 is 2.32 bits per heavy atom. The summed E-state index contributed by atoms with van der Waals surface area (Å²) in [6.45, 7) is 17.1. The van der Waals surface area contributed by atoms with Gasteiger partial charge in [0.1, 0.15) is 0 Å². The van der Waals surface area contributed by atoms with Gasteiger partial charge in [0, 0.05) is 33.5 Å². The van der Waals surface area contributed by atoms with Crippen LogP contribution in [0.3, 0.4) is 0 Å². The lowest BCUT2D eigenvalue weighted by Gasteiger charge is -2.19. The van der Waals surface area contributed by atoms with Crippen molar-refractivity contribution in [1.82, 2.24) is 15.0 Å². The Hall–Kier alpha value is -3.14. The van der Waals surface area contributed by atoms with E-state index in [1.54, 1.807) is 0 Å². The van der Waals surface area contributed by atoms with Crippen LogP contribution in [0.4, 0.5) is 11.6 Å². The molecule has 0 aliphatic heterocycles. The van der Waals surface area contributed by atoms with E-state index in [0.717, 1.165) is 40.3 Å². The summed E-state index contributed by atoms with van der Waals surface area (Å²) in [7, 11) is 0. The quantitative estimate of drug-likeness (QED) is 0.318. The van der Waals surface area contributed by atoms with Gasteiger partial charge in [0.15, 0.2) is 0 Å². The first-order chi connectivity index (χ1) is 16.4. The van der Waals surface area contributed by atoms with E-state index in [1.165, 1.54) is 46.0 Å². The van der Waals surface area contributed by atoms with Crippen LogP contribution in [0, 0.1) is 34.6 Å². The van der Waals surface area contributed by atoms with Crippen LogP contribution in [0.1, 0.15) is 78.7 Å². The molecule has 0 amide bonds. The van der Waals surface area contributed by atoms with Crippen molar-refractivity contribution in [1.29, 1.82) is 0 Å². The fraction of sp³-hybridized carbons (Fsp3) is 0.400. The number of hydrogen-bond donors (Lipinski definition) is 2. The van der Waals surface area contributed by atoms with Crippen LogP contribution in [0.5, 0.6) is 0 Å². The van der Waals surface area contributed by atoms with Gasteiger partial charge in [0.05, 0.1) is 5.69 Å². The predicted octanol–water partition coefficient (Wildman–Crippen LogP) is 8.38. The van der Waals surface area contributed by atoms with Gasteiger partial charge in [0.25, 0.3) is 0 Å². The van der Waals surface area contributed by atoms with Gasteiger partial charge in [0.2, 0.25) is 5.95 Å². The number of hydrogen-bond acceptors (Lipinski definition) is 3. The zero-order valence-corrected chi connectivity index (χ0v) is 22.0. The number of aromatic amines is 1. The molecule has 2 aromatic carbocycles. The Kier molecular flexibility index (Phi) is 6.79. The highest BCUT2D eigenvalue weighted by Gasteiger charge is 2.27. The van der Waals surface area contributed by atoms with Crippen molar-refractivity contribution in [2.24, 2.45) is 0 Å². The van der Waals surface area contributed by atoms with Gasteiger partial charge >= 0.3 is 0 Å². The molecule has 4 heteroatoms. The molecule has 1 aliphatic rings. The van der Waals surface area contributed by atoms with Crippen molar-refractivity contribution < 1.29 is 0 Å². The normalized spacial score (nSPS) is 13.1. The molecule has 34 heavy (non-hydrogen) atoms. The molecule has 0 unspecified atom stereocenters. The SMILES string of the molecule is CC.CCc1c(C)c(Nc2nc(C)c(C)c(-c3c(C)[nH]c4ccccc34)n2)cc(C2CC2)c1C. The number of rotatable bonds is 5. The molecule has 4 nitrogen and oxygen atoms in total. The van der Waals surface area contributed by atoms with Crippen molar-refractivity contribution in [2.75, 3.05) is 5.32 Å². The van der Waals surface area contributed by atoms with E-state index in [9.17, 15) is 0 Å². The fourth-order valence-electron chi connectivity index (χ4n) is 5.10. The highest BCUT2D eigenvalue weighted by Crippen LogP contribution is 2.44. The van der Waals surface area contributed by atoms with Crippen molar-refractivity contribution in [3.63, 3.8) is 0 Å². The first kappa shape index (κ1) is 24.0. The molecule has 2 N–H and O–H groups in total. The van der Waals surface area contributed by atoms with Crippen LogP contribution in [0.25, 0.3) is 22.2 Å². The monoisotopic (exact) mass is 454 g/mol. The summed E-state index contributed by atoms with van der Waals surface area (Å²) >= 11 is 0. The first-order valence-electron chi connectivity index (χ1n) is 12.7. The summed E-state index contributed by atoms with van der Waals surface area (Å²) in [6, 6.07) is 10.8. The average molecular weight is 455 g/mol. The van der Waals surface area contributed by atoms with Crippen molar-refractivity contribution in [3.8, 4) is 11.3 Å². The maximum absolute atomic E-state index is 5.05. The third-order valence-electron chi connectivity index (χ3n) is 7.18. The molecule has 2 aromatic heterocycles. The van der Waals surface area contributed by atoms with E-state index in [1.807, 2.05) is 13.8 Å². The van der Waals surface area contributed by atoms with E-state index in [2.05, 4.69) is 82.2 Å². The van der Waals surface area contributed by atoms with Crippen molar-refractivity contribution in [2.45, 2.75) is 80.6 Å². The van der Waals surface area contributed by atoms with Gasteiger partial charge in [-0.1, -0.05) is 39.0 Å². The van der Waals surface area contributed by atoms with Gasteiger partial charge < -0.3 is 10.3 Å². The van der Waals surface area contributed by atoms with Gasteiger partial charge in [-0.25, -0.2) is 9.97 Å². The highest BCUT2D eigenvalue weighted by molar-refractivity contribution is 5.97. The number of fused-ring (bicyclic) bond motifs is 1. The summed E-state index contributed by atoms with van der Waals surface area (Å²) in [6.07, 6.45) is 3.65. The Labute approximate surface area is 204 Å². The first-order valence-corrected chi connectivity index (χ1v) is 12.7. The zero-order chi connectivity index (χ0) is 24.6. The van der Waals surface area contributed by atoms with Gasteiger partial charge in [-0.3, -0.25) is 0 Å². The number of aryl methyl sites for hydroxylation is 2. The molecule has 0 saturated heterocycles. The van der Waals surface area contributed by atoms with Gasteiger partial charge in [-0.15, -0.1) is 0 Å². The van der Waals surface area contributed by atoms with E-state index in [0.29, 0.717) is 11.9 Å². The number of nitrogens with zero attached hydrogens (tertiary/aromatic N) is 2. The molecule has 4 aromatic rings. The topological polar surface area (TPSA) is 53.6 Å². The Balaban J connectivity index is 0.00000133. The Morgan fingerprint density at radius 1 is 0.941 bits per heavy atom. The maximum atomic E-state index is 5.05. The second kappa shape index (κ2) is 9.61. The molecule has 2 heterocycles. The summed E-state index contributed by atoms with van der Waals surface area (Å²) in [5.41, 5.74) is 13.4. The van der Waals surface area contributed by atoms with E-state index >= 15 is 0 Å². The smallest absolute Gasteiger partial charge is 0.228 e. The van der Waals surface area contributed by atoms with Crippen LogP contribution < -0.4 is 5.32 Å². The minimum absolute atomic E-state index is 0.670. The van der Waals surface area contributed by atoms with Crippen molar-refractivity contribution in [3.05, 3.63) is 69.5 Å². The number of para-hydroxylation sites is 1. The lowest BCUT2D eigenvalue weighted by atomic mass is 9.92. The summed E-state index contributed by atoms with van der Waals surface area (Å²) < 4.78 is 0. The summed E-state index contributed by atoms with van der Waals surface area (Å²) in [5.74, 6) is 1.38. The van der Waals surface area contributed by atoms with Gasteiger partial charge in [-0.05, 0) is 99.7 Å². The lowest BCUT2D eigenvalue weighted by Crippen LogP contribution is -2.07. The number of benzene rings is 2. The third kappa shape index (κ3) is 4.22. The van der Waals surface area contributed by atoms with Crippen LogP contribution in [-0.2, 0) is 6.42 Å². The van der Waals surface area contributed by atoms with E-state index < -0.39 is 0 Å². The molecule has 0 bridgehead atoms. The standard InChI is InChI=1S/C28H32N4.C2H6/c1-7-21-16(3)23(20-12-13-20)14-25(17(21)4)31-28-30-18(5)15(2)27(32-28)26-19(6)29-24-11-9-8-10-22(24)26;1-2/h8-11,14,20,29H,7,12-13H2,1-6H3,(H,30,31,32);1-2H3. The number of H-pyrrole nitrogens is 1. The third-order valence-corrected chi connectivity index (χ3v) is 7.18. The maximum Gasteiger partial charge on any atom is 0.228 e. The lowest BCUT2D eigenvalue weighted by molar-refractivity contribution is 1.02. The molecule has 1 aliphatic carbocycles. The highest BCUT2D eigenvalue weighted by atomic mass is 15.1. The second-order valence-corrected chi connectivity index (χ2v) is 9.27. The molecular formula is C30H38N4.